The molecule has 0 amide bonds. The zero-order valence-electron chi connectivity index (χ0n) is 9.66. The molecule has 1 saturated carbocycles. The quantitative estimate of drug-likeness (QED) is 0.870. The van der Waals surface area contributed by atoms with E-state index in [1.807, 2.05) is 17.7 Å². The molecule has 0 aliphatic heterocycles. The molecule has 17 heavy (non-hydrogen) atoms. The van der Waals surface area contributed by atoms with E-state index in [-0.39, 0.29) is 5.56 Å². The number of nitrogens with zero attached hydrogens (tertiary/aromatic N) is 2. The van der Waals surface area contributed by atoms with Crippen LogP contribution in [-0.2, 0) is 13.0 Å². The summed E-state index contributed by atoms with van der Waals surface area (Å²) in [4.78, 5) is 20.1. The number of nitrogens with one attached hydrogen (secondary N) is 1. The fourth-order valence-electron chi connectivity index (χ4n) is 2.18. The van der Waals surface area contributed by atoms with Gasteiger partial charge in [0.15, 0.2) is 0 Å². The van der Waals surface area contributed by atoms with E-state index >= 15 is 0 Å². The highest BCUT2D eigenvalue weighted by Crippen LogP contribution is 2.32. The average Bonchev–Trinajstić information content (AvgIpc) is 3.03. The Bertz CT molecular complexity index is 624. The molecule has 3 rings (SSSR count). The van der Waals surface area contributed by atoms with Crippen LogP contribution in [0.15, 0.2) is 11.0 Å². The summed E-state index contributed by atoms with van der Waals surface area (Å²) >= 11 is 2.18. The molecule has 0 atom stereocenters. The van der Waals surface area contributed by atoms with Gasteiger partial charge in [0, 0.05) is 22.7 Å². The summed E-state index contributed by atoms with van der Waals surface area (Å²) in [5.74, 6) is 1.68. The minimum Gasteiger partial charge on any atom is -0.345 e. The molecule has 1 aliphatic carbocycles. The van der Waals surface area contributed by atoms with Crippen molar-refractivity contribution in [3.05, 3.63) is 25.9 Å². The third-order valence-corrected chi connectivity index (χ3v) is 4.16. The lowest BCUT2D eigenvalue weighted by Gasteiger charge is -2.09. The van der Waals surface area contributed by atoms with Crippen LogP contribution in [-0.4, -0.2) is 14.5 Å². The molecule has 5 heteroatoms. The number of rotatable bonds is 3. The van der Waals surface area contributed by atoms with Crippen molar-refractivity contribution in [2.45, 2.75) is 32.7 Å². The minimum absolute atomic E-state index is 0.0961. The maximum atomic E-state index is 12.4. The molecule has 0 radical (unpaired) electrons. The van der Waals surface area contributed by atoms with Crippen LogP contribution >= 0.6 is 22.6 Å². The van der Waals surface area contributed by atoms with Crippen molar-refractivity contribution in [3.63, 3.8) is 0 Å². The van der Waals surface area contributed by atoms with Gasteiger partial charge in [-0.3, -0.25) is 9.36 Å². The fraction of sp³-hybridized carbons (Fsp3) is 0.500. The fourth-order valence-corrected chi connectivity index (χ4v) is 2.83. The van der Waals surface area contributed by atoms with Crippen molar-refractivity contribution in [2.75, 3.05) is 0 Å². The summed E-state index contributed by atoms with van der Waals surface area (Å²) in [6.45, 7) is 2.70. The standard InChI is InChI=1S/C12H14IN3O/c1-2-16-9(5-7-3-4-7)15-11-10(12(16)17)8(13)6-14-11/h6-7,14H,2-5H2,1H3. The molecule has 0 saturated heterocycles. The van der Waals surface area contributed by atoms with Crippen LogP contribution in [0.4, 0.5) is 0 Å². The molecule has 1 fully saturated rings. The summed E-state index contributed by atoms with van der Waals surface area (Å²) in [7, 11) is 0. The second-order valence-electron chi connectivity index (χ2n) is 4.59. The highest BCUT2D eigenvalue weighted by molar-refractivity contribution is 14.1. The predicted octanol–water partition coefficient (Wildman–Crippen LogP) is 2.30. The van der Waals surface area contributed by atoms with Crippen LogP contribution in [0.1, 0.15) is 25.6 Å². The Kier molecular flexibility index (Phi) is 2.72. The van der Waals surface area contributed by atoms with Crippen molar-refractivity contribution in [3.8, 4) is 0 Å². The zero-order chi connectivity index (χ0) is 12.0. The average molecular weight is 343 g/mol. The number of hydrogen-bond donors (Lipinski definition) is 1. The Morgan fingerprint density at radius 3 is 3.00 bits per heavy atom. The Labute approximate surface area is 113 Å². The van der Waals surface area contributed by atoms with Gasteiger partial charge in [0.2, 0.25) is 0 Å². The normalized spacial score (nSPS) is 15.6. The number of aromatic amines is 1. The predicted molar refractivity (Wildman–Crippen MR) is 75.2 cm³/mol. The van der Waals surface area contributed by atoms with E-state index in [0.29, 0.717) is 6.54 Å². The lowest BCUT2D eigenvalue weighted by molar-refractivity contribution is 0.627. The van der Waals surface area contributed by atoms with Crippen molar-refractivity contribution in [2.24, 2.45) is 5.92 Å². The topological polar surface area (TPSA) is 50.7 Å². The number of aromatic nitrogens is 3. The summed E-state index contributed by atoms with van der Waals surface area (Å²) in [6.07, 6.45) is 5.34. The van der Waals surface area contributed by atoms with E-state index in [9.17, 15) is 4.79 Å². The van der Waals surface area contributed by atoms with Gasteiger partial charge >= 0.3 is 0 Å². The molecular weight excluding hydrogens is 329 g/mol. The molecule has 0 unspecified atom stereocenters. The number of hydrogen-bond acceptors (Lipinski definition) is 2. The van der Waals surface area contributed by atoms with Gasteiger partial charge in [-0.1, -0.05) is 0 Å². The van der Waals surface area contributed by atoms with Crippen molar-refractivity contribution in [1.82, 2.24) is 14.5 Å². The molecule has 4 nitrogen and oxygen atoms in total. The second-order valence-corrected chi connectivity index (χ2v) is 5.75. The molecule has 1 aliphatic rings. The van der Waals surface area contributed by atoms with Crippen LogP contribution in [0.25, 0.3) is 11.0 Å². The molecule has 1 N–H and O–H groups in total. The van der Waals surface area contributed by atoms with E-state index < -0.39 is 0 Å². The number of fused-ring (bicyclic) bond motifs is 1. The second kappa shape index (κ2) is 4.12. The molecule has 0 aromatic carbocycles. The number of H-pyrrole nitrogens is 1. The van der Waals surface area contributed by atoms with Gasteiger partial charge in [0.1, 0.15) is 11.5 Å². The van der Waals surface area contributed by atoms with Gasteiger partial charge < -0.3 is 4.98 Å². The van der Waals surface area contributed by atoms with E-state index in [4.69, 9.17) is 0 Å². The molecular formula is C12H14IN3O. The highest BCUT2D eigenvalue weighted by Gasteiger charge is 2.24. The summed E-state index contributed by atoms with van der Waals surface area (Å²) in [6, 6.07) is 0. The van der Waals surface area contributed by atoms with Gasteiger partial charge in [-0.25, -0.2) is 4.98 Å². The third kappa shape index (κ3) is 1.90. The first-order valence-electron chi connectivity index (χ1n) is 5.97. The minimum atomic E-state index is 0.0961. The molecule has 0 bridgehead atoms. The van der Waals surface area contributed by atoms with Gasteiger partial charge in [-0.05, 0) is 48.3 Å². The van der Waals surface area contributed by atoms with E-state index in [2.05, 4.69) is 32.6 Å². The maximum Gasteiger partial charge on any atom is 0.264 e. The van der Waals surface area contributed by atoms with Crippen LogP contribution in [0, 0.1) is 9.49 Å². The van der Waals surface area contributed by atoms with Crippen molar-refractivity contribution in [1.29, 1.82) is 0 Å². The van der Waals surface area contributed by atoms with Crippen molar-refractivity contribution < 1.29 is 0 Å². The van der Waals surface area contributed by atoms with Gasteiger partial charge in [0.05, 0.1) is 5.39 Å². The Morgan fingerprint density at radius 2 is 2.35 bits per heavy atom. The summed E-state index contributed by atoms with van der Waals surface area (Å²) in [5, 5.41) is 0.729. The largest absolute Gasteiger partial charge is 0.345 e. The first kappa shape index (κ1) is 11.3. The Morgan fingerprint density at radius 1 is 1.59 bits per heavy atom. The molecule has 2 aromatic heterocycles. The first-order chi connectivity index (χ1) is 8.20. The van der Waals surface area contributed by atoms with E-state index in [0.717, 1.165) is 32.8 Å². The van der Waals surface area contributed by atoms with Crippen LogP contribution in [0.3, 0.4) is 0 Å². The lowest BCUT2D eigenvalue weighted by Crippen LogP contribution is -2.25. The maximum absolute atomic E-state index is 12.4. The summed E-state index contributed by atoms with van der Waals surface area (Å²) in [5.41, 5.74) is 0.832. The Balaban J connectivity index is 2.23. The van der Waals surface area contributed by atoms with Gasteiger partial charge in [0.25, 0.3) is 5.56 Å². The Hall–Kier alpha value is -0.850. The van der Waals surface area contributed by atoms with Gasteiger partial charge in [-0.15, -0.1) is 0 Å². The van der Waals surface area contributed by atoms with Crippen LogP contribution in [0.2, 0.25) is 0 Å². The van der Waals surface area contributed by atoms with Gasteiger partial charge in [-0.2, -0.15) is 0 Å². The molecule has 0 spiro atoms. The van der Waals surface area contributed by atoms with Crippen LogP contribution < -0.4 is 5.56 Å². The van der Waals surface area contributed by atoms with E-state index in [1.54, 1.807) is 0 Å². The third-order valence-electron chi connectivity index (χ3n) is 3.31. The van der Waals surface area contributed by atoms with Crippen molar-refractivity contribution >= 4 is 33.6 Å². The zero-order valence-corrected chi connectivity index (χ0v) is 11.8. The highest BCUT2D eigenvalue weighted by atomic mass is 127. The smallest absolute Gasteiger partial charge is 0.264 e. The number of halogens is 1. The molecule has 2 heterocycles. The first-order valence-corrected chi connectivity index (χ1v) is 7.05. The molecule has 2 aromatic rings. The summed E-state index contributed by atoms with van der Waals surface area (Å²) < 4.78 is 2.77. The lowest BCUT2D eigenvalue weighted by atomic mass is 10.2. The SMILES string of the molecule is CCn1c(CC2CC2)nc2[nH]cc(I)c2c1=O. The van der Waals surface area contributed by atoms with Crippen LogP contribution in [0.5, 0.6) is 0 Å². The monoisotopic (exact) mass is 343 g/mol. The molecule has 90 valence electrons. The van der Waals surface area contributed by atoms with E-state index in [1.165, 1.54) is 12.8 Å².